The molecule has 0 saturated heterocycles. The SMILES string of the molecule is N#C[C@@H](c1ccc(Cl)cc1)c1c(Cl)cc(-n2ncc(=O)[nH]c2=O)cc1Cl. The van der Waals surface area contributed by atoms with Crippen LogP contribution >= 0.6 is 34.8 Å². The van der Waals surface area contributed by atoms with Crippen molar-refractivity contribution in [2.45, 2.75) is 5.92 Å². The van der Waals surface area contributed by atoms with Gasteiger partial charge in [0.2, 0.25) is 0 Å². The summed E-state index contributed by atoms with van der Waals surface area (Å²) < 4.78 is 0.951. The second-order valence-corrected chi connectivity index (χ2v) is 6.54. The van der Waals surface area contributed by atoms with E-state index in [-0.39, 0.29) is 15.7 Å². The van der Waals surface area contributed by atoms with Crippen LogP contribution in [0.2, 0.25) is 15.1 Å². The van der Waals surface area contributed by atoms with Crippen LogP contribution < -0.4 is 11.2 Å². The van der Waals surface area contributed by atoms with Gasteiger partial charge in [-0.2, -0.15) is 15.0 Å². The fourth-order valence-electron chi connectivity index (χ4n) is 2.47. The van der Waals surface area contributed by atoms with Crippen molar-refractivity contribution in [3.63, 3.8) is 0 Å². The van der Waals surface area contributed by atoms with E-state index in [0.717, 1.165) is 10.9 Å². The number of rotatable bonds is 3. The quantitative estimate of drug-likeness (QED) is 0.719. The maximum absolute atomic E-state index is 11.9. The van der Waals surface area contributed by atoms with Crippen molar-refractivity contribution < 1.29 is 0 Å². The van der Waals surface area contributed by atoms with Crippen molar-refractivity contribution in [1.29, 1.82) is 5.26 Å². The van der Waals surface area contributed by atoms with E-state index in [1.165, 1.54) is 12.1 Å². The average Bonchev–Trinajstić information content (AvgIpc) is 2.59. The Morgan fingerprint density at radius 3 is 2.23 bits per heavy atom. The number of H-pyrrole nitrogens is 1. The van der Waals surface area contributed by atoms with Crippen LogP contribution in [0.3, 0.4) is 0 Å². The molecule has 0 radical (unpaired) electrons. The summed E-state index contributed by atoms with van der Waals surface area (Å²) in [4.78, 5) is 25.1. The van der Waals surface area contributed by atoms with Crippen LogP contribution in [0, 0.1) is 11.3 Å². The first-order valence-electron chi connectivity index (χ1n) is 7.23. The standard InChI is InChI=1S/C17H9Cl3N4O2/c18-10-3-1-9(2-4-10)12(7-21)16-13(19)5-11(6-14(16)20)24-17(26)23-15(25)8-22-24/h1-6,8,12H,(H,23,25,26)/t12-/m0/s1. The summed E-state index contributed by atoms with van der Waals surface area (Å²) in [5.41, 5.74) is -0.00998. The Kier molecular flexibility index (Phi) is 5.14. The molecule has 26 heavy (non-hydrogen) atoms. The van der Waals surface area contributed by atoms with Crippen LogP contribution in [0.15, 0.2) is 52.2 Å². The minimum Gasteiger partial charge on any atom is -0.271 e. The fraction of sp³-hybridized carbons (Fsp3) is 0.0588. The molecule has 0 spiro atoms. The molecule has 0 aliphatic carbocycles. The summed E-state index contributed by atoms with van der Waals surface area (Å²) in [5.74, 6) is -0.721. The predicted molar refractivity (Wildman–Crippen MR) is 99.4 cm³/mol. The molecule has 3 aromatic rings. The molecule has 1 atom stereocenters. The second kappa shape index (κ2) is 7.34. The number of nitrogens with zero attached hydrogens (tertiary/aromatic N) is 3. The number of nitriles is 1. The van der Waals surface area contributed by atoms with Crippen molar-refractivity contribution >= 4 is 34.8 Å². The highest BCUT2D eigenvalue weighted by molar-refractivity contribution is 6.36. The molecule has 0 fully saturated rings. The van der Waals surface area contributed by atoms with Gasteiger partial charge in [0, 0.05) is 20.6 Å². The molecule has 0 amide bonds. The van der Waals surface area contributed by atoms with Crippen LogP contribution in [-0.4, -0.2) is 14.8 Å². The Bertz CT molecular complexity index is 1110. The first-order chi connectivity index (χ1) is 12.4. The van der Waals surface area contributed by atoms with Gasteiger partial charge >= 0.3 is 5.69 Å². The maximum Gasteiger partial charge on any atom is 0.349 e. The highest BCUT2D eigenvalue weighted by Gasteiger charge is 2.21. The molecule has 1 heterocycles. The van der Waals surface area contributed by atoms with Crippen LogP contribution in [0.5, 0.6) is 0 Å². The lowest BCUT2D eigenvalue weighted by Crippen LogP contribution is -2.30. The topological polar surface area (TPSA) is 91.5 Å². The molecule has 0 aliphatic heterocycles. The van der Waals surface area contributed by atoms with Crippen LogP contribution in [-0.2, 0) is 0 Å². The van der Waals surface area contributed by atoms with Gasteiger partial charge < -0.3 is 0 Å². The van der Waals surface area contributed by atoms with Crippen molar-refractivity contribution in [3.05, 3.63) is 89.6 Å². The zero-order valence-corrected chi connectivity index (χ0v) is 15.2. The monoisotopic (exact) mass is 406 g/mol. The van der Waals surface area contributed by atoms with Crippen molar-refractivity contribution in [2.75, 3.05) is 0 Å². The normalized spacial score (nSPS) is 11.8. The maximum atomic E-state index is 11.9. The van der Waals surface area contributed by atoms with Gasteiger partial charge in [0.1, 0.15) is 6.20 Å². The third-order valence-corrected chi connectivity index (χ3v) is 4.52. The summed E-state index contributed by atoms with van der Waals surface area (Å²) in [6, 6.07) is 11.8. The molecule has 2 aromatic carbocycles. The predicted octanol–water partition coefficient (Wildman–Crippen LogP) is 3.54. The van der Waals surface area contributed by atoms with Gasteiger partial charge in [0.25, 0.3) is 5.56 Å². The number of aromatic amines is 1. The van der Waals surface area contributed by atoms with Gasteiger partial charge in [-0.3, -0.25) is 9.78 Å². The van der Waals surface area contributed by atoms with E-state index < -0.39 is 17.2 Å². The van der Waals surface area contributed by atoms with Gasteiger partial charge in [-0.1, -0.05) is 46.9 Å². The van der Waals surface area contributed by atoms with E-state index in [0.29, 0.717) is 16.1 Å². The molecular weight excluding hydrogens is 399 g/mol. The molecule has 9 heteroatoms. The first kappa shape index (κ1) is 18.2. The highest BCUT2D eigenvalue weighted by atomic mass is 35.5. The lowest BCUT2D eigenvalue weighted by molar-refractivity contribution is 0.749. The van der Waals surface area contributed by atoms with Gasteiger partial charge in [0.05, 0.1) is 17.7 Å². The average molecular weight is 408 g/mol. The van der Waals surface area contributed by atoms with Gasteiger partial charge in [-0.15, -0.1) is 0 Å². The summed E-state index contributed by atoms with van der Waals surface area (Å²) in [6.45, 7) is 0. The van der Waals surface area contributed by atoms with Crippen LogP contribution in [0.25, 0.3) is 5.69 Å². The summed E-state index contributed by atoms with van der Waals surface area (Å²) in [7, 11) is 0. The Hall–Kier alpha value is -2.59. The Balaban J connectivity index is 2.12. The first-order valence-corrected chi connectivity index (χ1v) is 8.37. The lowest BCUT2D eigenvalue weighted by atomic mass is 9.92. The lowest BCUT2D eigenvalue weighted by Gasteiger charge is -2.15. The van der Waals surface area contributed by atoms with E-state index in [1.54, 1.807) is 24.3 Å². The van der Waals surface area contributed by atoms with Crippen molar-refractivity contribution in [2.24, 2.45) is 0 Å². The van der Waals surface area contributed by atoms with Gasteiger partial charge in [-0.25, -0.2) is 4.79 Å². The molecule has 0 aliphatic rings. The zero-order valence-electron chi connectivity index (χ0n) is 12.9. The third kappa shape index (κ3) is 3.51. The number of halogens is 3. The van der Waals surface area contributed by atoms with E-state index >= 15 is 0 Å². The molecule has 3 rings (SSSR count). The Morgan fingerprint density at radius 2 is 1.69 bits per heavy atom. The Labute approximate surface area is 162 Å². The minimum atomic E-state index is -0.730. The smallest absolute Gasteiger partial charge is 0.271 e. The number of hydrogen-bond donors (Lipinski definition) is 1. The molecule has 1 aromatic heterocycles. The minimum absolute atomic E-state index is 0.189. The van der Waals surface area contributed by atoms with Crippen molar-refractivity contribution in [1.82, 2.24) is 14.8 Å². The van der Waals surface area contributed by atoms with E-state index in [9.17, 15) is 14.9 Å². The molecule has 6 nitrogen and oxygen atoms in total. The van der Waals surface area contributed by atoms with E-state index in [1.807, 2.05) is 0 Å². The van der Waals surface area contributed by atoms with E-state index in [4.69, 9.17) is 34.8 Å². The van der Waals surface area contributed by atoms with Crippen LogP contribution in [0.4, 0.5) is 0 Å². The molecule has 1 N–H and O–H groups in total. The summed E-state index contributed by atoms with van der Waals surface area (Å²) in [6.07, 6.45) is 0.961. The molecule has 130 valence electrons. The summed E-state index contributed by atoms with van der Waals surface area (Å²) in [5, 5.41) is 14.3. The number of nitrogens with one attached hydrogen (secondary N) is 1. The van der Waals surface area contributed by atoms with Crippen LogP contribution in [0.1, 0.15) is 17.0 Å². The molecular formula is C17H9Cl3N4O2. The zero-order chi connectivity index (χ0) is 18.8. The Morgan fingerprint density at radius 1 is 1.08 bits per heavy atom. The highest BCUT2D eigenvalue weighted by Crippen LogP contribution is 2.37. The van der Waals surface area contributed by atoms with Gasteiger partial charge in [-0.05, 0) is 29.8 Å². The second-order valence-electron chi connectivity index (χ2n) is 5.29. The van der Waals surface area contributed by atoms with E-state index in [2.05, 4.69) is 16.2 Å². The largest absolute Gasteiger partial charge is 0.349 e. The number of benzene rings is 2. The summed E-state index contributed by atoms with van der Waals surface area (Å²) >= 11 is 18.6. The number of aromatic nitrogens is 3. The molecule has 0 saturated carbocycles. The molecule has 0 bridgehead atoms. The van der Waals surface area contributed by atoms with Crippen molar-refractivity contribution in [3.8, 4) is 11.8 Å². The third-order valence-electron chi connectivity index (χ3n) is 3.64. The molecule has 0 unspecified atom stereocenters. The number of hydrogen-bond acceptors (Lipinski definition) is 4. The fourth-order valence-corrected chi connectivity index (χ4v) is 3.29. The van der Waals surface area contributed by atoms with Gasteiger partial charge in [0.15, 0.2) is 0 Å².